The average Bonchev–Trinajstić information content (AvgIpc) is 3.29. The Balaban J connectivity index is 1.77. The molecular weight excluding hydrogens is 310 g/mol. The van der Waals surface area contributed by atoms with Crippen LogP contribution in [0.1, 0.15) is 25.5 Å². The fourth-order valence-corrected chi connectivity index (χ4v) is 3.52. The minimum atomic E-state index is -0.0495. The third-order valence-corrected chi connectivity index (χ3v) is 4.75. The first-order valence-corrected chi connectivity index (χ1v) is 8.72. The number of carbonyl (C=O) groups is 1. The van der Waals surface area contributed by atoms with Gasteiger partial charge >= 0.3 is 0 Å². The van der Waals surface area contributed by atoms with Gasteiger partial charge in [-0.15, -0.1) is 11.3 Å². The van der Waals surface area contributed by atoms with Gasteiger partial charge in [-0.2, -0.15) is 0 Å². The maximum absolute atomic E-state index is 12.0. The van der Waals surface area contributed by atoms with Crippen molar-refractivity contribution in [3.05, 3.63) is 41.4 Å². The molecule has 0 radical (unpaired) electrons. The maximum Gasteiger partial charge on any atom is 0.230 e. The largest absolute Gasteiger partial charge is 0.395 e. The van der Waals surface area contributed by atoms with Crippen LogP contribution < -0.4 is 4.90 Å². The zero-order chi connectivity index (χ0) is 16.2. The number of aromatic nitrogens is 1. The zero-order valence-corrected chi connectivity index (χ0v) is 14.0. The minimum absolute atomic E-state index is 0.0495. The normalized spacial score (nSPS) is 14.2. The number of aliphatic hydroxyl groups is 1. The second-order valence-electron chi connectivity index (χ2n) is 5.74. The Hall–Kier alpha value is -1.76. The van der Waals surface area contributed by atoms with Crippen LogP contribution in [0.15, 0.2) is 35.7 Å². The molecular formula is C17H21N3O2S. The van der Waals surface area contributed by atoms with Crippen molar-refractivity contribution in [3.8, 4) is 0 Å². The molecule has 1 heterocycles. The summed E-state index contributed by atoms with van der Waals surface area (Å²) in [5.74, 6) is -0.0495. The molecule has 23 heavy (non-hydrogen) atoms. The molecule has 6 heteroatoms. The second-order valence-corrected chi connectivity index (χ2v) is 6.57. The minimum Gasteiger partial charge on any atom is -0.395 e. The van der Waals surface area contributed by atoms with Crippen molar-refractivity contribution in [3.63, 3.8) is 0 Å². The number of amides is 1. The maximum atomic E-state index is 12.0. The van der Waals surface area contributed by atoms with E-state index in [1.165, 1.54) is 24.2 Å². The lowest BCUT2D eigenvalue weighted by atomic mass is 10.3. The highest BCUT2D eigenvalue weighted by atomic mass is 32.1. The molecule has 1 aromatic heterocycles. The molecule has 1 aliphatic rings. The molecule has 1 aromatic carbocycles. The fraction of sp³-hybridized carbons (Fsp3) is 0.412. The number of carbonyl (C=O) groups excluding carboxylic acids is 1. The smallest absolute Gasteiger partial charge is 0.230 e. The molecule has 0 atom stereocenters. The zero-order valence-electron chi connectivity index (χ0n) is 13.2. The Morgan fingerprint density at radius 1 is 1.35 bits per heavy atom. The Kier molecular flexibility index (Phi) is 5.05. The molecule has 1 saturated carbocycles. The number of rotatable bonds is 7. The molecule has 0 saturated heterocycles. The number of thiazole rings is 1. The van der Waals surface area contributed by atoms with Gasteiger partial charge in [0.05, 0.1) is 18.0 Å². The summed E-state index contributed by atoms with van der Waals surface area (Å²) in [4.78, 5) is 20.6. The summed E-state index contributed by atoms with van der Waals surface area (Å²) in [6.07, 6.45) is 2.39. The Morgan fingerprint density at radius 3 is 2.70 bits per heavy atom. The SMILES string of the molecule is CC(=O)N(c1ccccc1)c1nc(CN(CCO)C2CC2)cs1. The van der Waals surface area contributed by atoms with E-state index in [0.717, 1.165) is 17.9 Å². The van der Waals surface area contributed by atoms with E-state index in [-0.39, 0.29) is 12.5 Å². The van der Waals surface area contributed by atoms with Crippen LogP contribution in [-0.2, 0) is 11.3 Å². The lowest BCUT2D eigenvalue weighted by Crippen LogP contribution is -2.29. The van der Waals surface area contributed by atoms with Gasteiger partial charge in [0.2, 0.25) is 5.91 Å². The van der Waals surface area contributed by atoms with Crippen LogP contribution in [-0.4, -0.2) is 40.1 Å². The van der Waals surface area contributed by atoms with Crippen molar-refractivity contribution < 1.29 is 9.90 Å². The third-order valence-electron chi connectivity index (χ3n) is 3.88. The van der Waals surface area contributed by atoms with Crippen molar-refractivity contribution in [2.75, 3.05) is 18.1 Å². The number of benzene rings is 1. The van der Waals surface area contributed by atoms with E-state index in [0.29, 0.717) is 17.7 Å². The molecule has 122 valence electrons. The predicted octanol–water partition coefficient (Wildman–Crippen LogP) is 2.78. The van der Waals surface area contributed by atoms with Gasteiger partial charge in [-0.05, 0) is 25.0 Å². The van der Waals surface area contributed by atoms with Crippen LogP contribution in [0, 0.1) is 0 Å². The number of aliphatic hydroxyl groups excluding tert-OH is 1. The molecule has 1 aliphatic carbocycles. The van der Waals surface area contributed by atoms with Gasteiger partial charge in [0, 0.05) is 31.4 Å². The fourth-order valence-electron chi connectivity index (χ4n) is 2.64. The quantitative estimate of drug-likeness (QED) is 0.847. The number of hydrogen-bond acceptors (Lipinski definition) is 5. The summed E-state index contributed by atoms with van der Waals surface area (Å²) >= 11 is 1.48. The van der Waals surface area contributed by atoms with Gasteiger partial charge < -0.3 is 5.11 Å². The van der Waals surface area contributed by atoms with Gasteiger partial charge in [-0.3, -0.25) is 14.6 Å². The van der Waals surface area contributed by atoms with Gasteiger partial charge in [-0.25, -0.2) is 4.98 Å². The second kappa shape index (κ2) is 7.21. The summed E-state index contributed by atoms with van der Waals surface area (Å²) < 4.78 is 0. The first-order chi connectivity index (χ1) is 11.2. The summed E-state index contributed by atoms with van der Waals surface area (Å²) in [7, 11) is 0. The van der Waals surface area contributed by atoms with Gasteiger partial charge in [-0.1, -0.05) is 18.2 Å². The highest BCUT2D eigenvalue weighted by molar-refractivity contribution is 7.14. The number of anilines is 2. The molecule has 1 N–H and O–H groups in total. The van der Waals surface area contributed by atoms with Gasteiger partial charge in [0.15, 0.2) is 5.13 Å². The molecule has 3 rings (SSSR count). The van der Waals surface area contributed by atoms with Crippen molar-refractivity contribution in [1.82, 2.24) is 9.88 Å². The molecule has 0 aliphatic heterocycles. The lowest BCUT2D eigenvalue weighted by Gasteiger charge is -2.20. The number of nitrogens with zero attached hydrogens (tertiary/aromatic N) is 3. The van der Waals surface area contributed by atoms with Crippen LogP contribution in [0.5, 0.6) is 0 Å². The molecule has 1 fully saturated rings. The van der Waals surface area contributed by atoms with E-state index in [1.54, 1.807) is 11.8 Å². The summed E-state index contributed by atoms with van der Waals surface area (Å²) in [6.45, 7) is 3.11. The lowest BCUT2D eigenvalue weighted by molar-refractivity contribution is -0.115. The van der Waals surface area contributed by atoms with Crippen molar-refractivity contribution in [1.29, 1.82) is 0 Å². The topological polar surface area (TPSA) is 56.7 Å². The number of hydrogen-bond donors (Lipinski definition) is 1. The molecule has 0 unspecified atom stereocenters. The summed E-state index contributed by atoms with van der Waals surface area (Å²) in [6, 6.07) is 10.1. The van der Waals surface area contributed by atoms with Crippen molar-refractivity contribution in [2.45, 2.75) is 32.4 Å². The monoisotopic (exact) mass is 331 g/mol. The predicted molar refractivity (Wildman–Crippen MR) is 91.9 cm³/mol. The Morgan fingerprint density at radius 2 is 2.09 bits per heavy atom. The Labute approximate surface area is 140 Å². The van der Waals surface area contributed by atoms with E-state index in [4.69, 9.17) is 0 Å². The van der Waals surface area contributed by atoms with E-state index >= 15 is 0 Å². The molecule has 0 bridgehead atoms. The summed E-state index contributed by atoms with van der Waals surface area (Å²) in [5, 5.41) is 11.9. The Bertz CT molecular complexity index is 655. The van der Waals surface area contributed by atoms with Crippen LogP contribution >= 0.6 is 11.3 Å². The van der Waals surface area contributed by atoms with Gasteiger partial charge in [0.1, 0.15) is 0 Å². The van der Waals surface area contributed by atoms with E-state index in [1.807, 2.05) is 35.7 Å². The molecule has 5 nitrogen and oxygen atoms in total. The van der Waals surface area contributed by atoms with Crippen LogP contribution in [0.3, 0.4) is 0 Å². The van der Waals surface area contributed by atoms with E-state index in [2.05, 4.69) is 9.88 Å². The first-order valence-electron chi connectivity index (χ1n) is 7.84. The third kappa shape index (κ3) is 3.96. The molecule has 1 amide bonds. The molecule has 2 aromatic rings. The van der Waals surface area contributed by atoms with Crippen LogP contribution in [0.4, 0.5) is 10.8 Å². The van der Waals surface area contributed by atoms with Crippen molar-refractivity contribution >= 4 is 28.1 Å². The van der Waals surface area contributed by atoms with Crippen LogP contribution in [0.2, 0.25) is 0 Å². The van der Waals surface area contributed by atoms with E-state index < -0.39 is 0 Å². The highest BCUT2D eigenvalue weighted by Crippen LogP contribution is 2.31. The molecule has 0 spiro atoms. The van der Waals surface area contributed by atoms with E-state index in [9.17, 15) is 9.90 Å². The number of para-hydroxylation sites is 1. The van der Waals surface area contributed by atoms with Gasteiger partial charge in [0.25, 0.3) is 0 Å². The summed E-state index contributed by atoms with van der Waals surface area (Å²) in [5.41, 5.74) is 1.78. The van der Waals surface area contributed by atoms with Crippen molar-refractivity contribution in [2.24, 2.45) is 0 Å². The standard InChI is InChI=1S/C17H21N3O2S/c1-13(22)20(16-5-3-2-4-6-16)17-18-14(12-23-17)11-19(9-10-21)15-7-8-15/h2-6,12,15,21H,7-11H2,1H3. The highest BCUT2D eigenvalue weighted by Gasteiger charge is 2.29. The first kappa shape index (κ1) is 16.1. The average molecular weight is 331 g/mol. The van der Waals surface area contributed by atoms with Crippen LogP contribution in [0.25, 0.3) is 0 Å².